The van der Waals surface area contributed by atoms with Crippen molar-refractivity contribution in [2.24, 2.45) is 5.92 Å². The van der Waals surface area contributed by atoms with E-state index in [0.717, 1.165) is 31.3 Å². The zero-order valence-corrected chi connectivity index (χ0v) is 12.1. The molecule has 0 radical (unpaired) electrons. The monoisotopic (exact) mass is 250 g/mol. The number of piperazine rings is 1. The molecule has 0 amide bonds. The van der Waals surface area contributed by atoms with Crippen LogP contribution in [0.3, 0.4) is 0 Å². The lowest BCUT2D eigenvalue weighted by Gasteiger charge is -2.45. The molecule has 1 aromatic heterocycles. The molecule has 1 saturated heterocycles. The average molecular weight is 250 g/mol. The van der Waals surface area contributed by atoms with Crippen LogP contribution in [0.4, 0.5) is 0 Å². The van der Waals surface area contributed by atoms with Crippen LogP contribution in [-0.4, -0.2) is 29.6 Å². The van der Waals surface area contributed by atoms with Gasteiger partial charge in [0.05, 0.1) is 12.8 Å². The van der Waals surface area contributed by atoms with E-state index in [2.05, 4.69) is 44.0 Å². The first kappa shape index (κ1) is 13.6. The number of furan rings is 1. The van der Waals surface area contributed by atoms with Crippen LogP contribution in [0, 0.1) is 5.92 Å². The lowest BCUT2D eigenvalue weighted by molar-refractivity contribution is 0.0699. The summed E-state index contributed by atoms with van der Waals surface area (Å²) in [5, 5.41) is 3.65. The first-order chi connectivity index (χ1) is 8.46. The maximum Gasteiger partial charge on any atom is 0.117 e. The van der Waals surface area contributed by atoms with Gasteiger partial charge in [-0.25, -0.2) is 0 Å². The number of nitrogens with one attached hydrogen (secondary N) is 1. The molecule has 2 heterocycles. The van der Waals surface area contributed by atoms with Gasteiger partial charge in [-0.1, -0.05) is 13.8 Å². The fourth-order valence-electron chi connectivity index (χ4n) is 2.78. The molecule has 1 aromatic rings. The highest BCUT2D eigenvalue weighted by molar-refractivity contribution is 5.01. The Hall–Kier alpha value is -0.800. The topological polar surface area (TPSA) is 28.4 Å². The van der Waals surface area contributed by atoms with E-state index in [4.69, 9.17) is 4.42 Å². The second kappa shape index (κ2) is 5.45. The van der Waals surface area contributed by atoms with Gasteiger partial charge in [-0.2, -0.15) is 0 Å². The van der Waals surface area contributed by atoms with E-state index in [1.807, 2.05) is 6.07 Å². The third-order valence-corrected chi connectivity index (χ3v) is 3.61. The van der Waals surface area contributed by atoms with E-state index < -0.39 is 0 Å². The maximum absolute atomic E-state index is 5.50. The molecule has 0 bridgehead atoms. The van der Waals surface area contributed by atoms with E-state index in [9.17, 15) is 0 Å². The zero-order valence-electron chi connectivity index (χ0n) is 12.1. The molecule has 1 N–H and O–H groups in total. The van der Waals surface area contributed by atoms with Crippen molar-refractivity contribution >= 4 is 0 Å². The Balaban J connectivity index is 2.04. The molecule has 0 aliphatic carbocycles. The van der Waals surface area contributed by atoms with Crippen molar-refractivity contribution in [3.8, 4) is 0 Å². The van der Waals surface area contributed by atoms with E-state index >= 15 is 0 Å². The predicted molar refractivity (Wildman–Crippen MR) is 74.4 cm³/mol. The highest BCUT2D eigenvalue weighted by atomic mass is 16.3. The summed E-state index contributed by atoms with van der Waals surface area (Å²) in [6.45, 7) is 12.2. The predicted octanol–water partition coefficient (Wildman–Crippen LogP) is 2.88. The molecule has 1 fully saturated rings. The Bertz CT molecular complexity index is 357. The van der Waals surface area contributed by atoms with Crippen molar-refractivity contribution in [2.75, 3.05) is 13.1 Å². The fraction of sp³-hybridized carbons (Fsp3) is 0.733. The molecule has 1 aliphatic heterocycles. The standard InChI is InChI=1S/C15H26N2O/c1-12(2)8-13-9-16-15(3,4)11-17(13)10-14-6-5-7-18-14/h5-7,12-13,16H,8-11H2,1-4H3. The van der Waals surface area contributed by atoms with Gasteiger partial charge in [0, 0.05) is 24.7 Å². The molecule has 1 unspecified atom stereocenters. The first-order valence-corrected chi connectivity index (χ1v) is 6.98. The van der Waals surface area contributed by atoms with Crippen LogP contribution in [0.5, 0.6) is 0 Å². The quantitative estimate of drug-likeness (QED) is 0.890. The minimum atomic E-state index is 0.195. The van der Waals surface area contributed by atoms with Crippen molar-refractivity contribution in [3.05, 3.63) is 24.2 Å². The number of hydrogen-bond donors (Lipinski definition) is 1. The Morgan fingerprint density at radius 3 is 2.89 bits per heavy atom. The molecule has 1 atom stereocenters. The van der Waals surface area contributed by atoms with Crippen LogP contribution in [0.25, 0.3) is 0 Å². The van der Waals surface area contributed by atoms with Crippen LogP contribution in [0.2, 0.25) is 0 Å². The molecular formula is C15H26N2O. The minimum Gasteiger partial charge on any atom is -0.468 e. The van der Waals surface area contributed by atoms with Crippen LogP contribution >= 0.6 is 0 Å². The van der Waals surface area contributed by atoms with E-state index in [-0.39, 0.29) is 5.54 Å². The van der Waals surface area contributed by atoms with Crippen molar-refractivity contribution in [2.45, 2.75) is 52.2 Å². The smallest absolute Gasteiger partial charge is 0.117 e. The normalized spacial score (nSPS) is 24.6. The van der Waals surface area contributed by atoms with Crippen molar-refractivity contribution < 1.29 is 4.42 Å². The number of nitrogens with zero attached hydrogens (tertiary/aromatic N) is 1. The van der Waals surface area contributed by atoms with Gasteiger partial charge in [-0.3, -0.25) is 4.90 Å². The van der Waals surface area contributed by atoms with Gasteiger partial charge in [0.15, 0.2) is 0 Å². The SMILES string of the molecule is CC(C)CC1CNC(C)(C)CN1Cc1ccco1. The summed E-state index contributed by atoms with van der Waals surface area (Å²) in [5.41, 5.74) is 0.195. The molecule has 3 heteroatoms. The summed E-state index contributed by atoms with van der Waals surface area (Å²) in [7, 11) is 0. The molecule has 2 rings (SSSR count). The van der Waals surface area contributed by atoms with Gasteiger partial charge in [-0.15, -0.1) is 0 Å². The van der Waals surface area contributed by atoms with Crippen LogP contribution in [-0.2, 0) is 6.54 Å². The van der Waals surface area contributed by atoms with E-state index in [1.54, 1.807) is 6.26 Å². The number of rotatable bonds is 4. The Kier molecular flexibility index (Phi) is 4.13. The lowest BCUT2D eigenvalue weighted by atomic mass is 9.94. The lowest BCUT2D eigenvalue weighted by Crippen LogP contribution is -2.61. The molecule has 102 valence electrons. The third-order valence-electron chi connectivity index (χ3n) is 3.61. The molecule has 1 aliphatic rings. The van der Waals surface area contributed by atoms with E-state index in [1.165, 1.54) is 6.42 Å². The largest absolute Gasteiger partial charge is 0.468 e. The Labute approximate surface area is 111 Å². The van der Waals surface area contributed by atoms with Gasteiger partial charge in [0.1, 0.15) is 5.76 Å². The summed E-state index contributed by atoms with van der Waals surface area (Å²) in [5.74, 6) is 1.80. The van der Waals surface area contributed by atoms with Gasteiger partial charge in [0.2, 0.25) is 0 Å². The summed E-state index contributed by atoms with van der Waals surface area (Å²) in [6.07, 6.45) is 3.00. The fourth-order valence-corrected chi connectivity index (χ4v) is 2.78. The molecule has 3 nitrogen and oxygen atoms in total. The van der Waals surface area contributed by atoms with Crippen molar-refractivity contribution in [3.63, 3.8) is 0 Å². The number of hydrogen-bond acceptors (Lipinski definition) is 3. The van der Waals surface area contributed by atoms with Gasteiger partial charge < -0.3 is 9.73 Å². The highest BCUT2D eigenvalue weighted by Crippen LogP contribution is 2.22. The third kappa shape index (κ3) is 3.59. The van der Waals surface area contributed by atoms with Crippen LogP contribution in [0.1, 0.15) is 39.9 Å². The Morgan fingerprint density at radius 2 is 2.28 bits per heavy atom. The van der Waals surface area contributed by atoms with Gasteiger partial charge >= 0.3 is 0 Å². The van der Waals surface area contributed by atoms with Gasteiger partial charge in [-0.05, 0) is 38.3 Å². The van der Waals surface area contributed by atoms with E-state index in [0.29, 0.717) is 6.04 Å². The summed E-state index contributed by atoms with van der Waals surface area (Å²) in [4.78, 5) is 2.56. The molecule has 18 heavy (non-hydrogen) atoms. The molecule has 0 spiro atoms. The first-order valence-electron chi connectivity index (χ1n) is 6.98. The van der Waals surface area contributed by atoms with Crippen molar-refractivity contribution in [1.29, 1.82) is 0 Å². The van der Waals surface area contributed by atoms with Crippen LogP contribution < -0.4 is 5.32 Å². The van der Waals surface area contributed by atoms with Crippen molar-refractivity contribution in [1.82, 2.24) is 10.2 Å². The highest BCUT2D eigenvalue weighted by Gasteiger charge is 2.32. The summed E-state index contributed by atoms with van der Waals surface area (Å²) >= 11 is 0. The Morgan fingerprint density at radius 1 is 1.50 bits per heavy atom. The second-order valence-corrected chi connectivity index (χ2v) is 6.53. The zero-order chi connectivity index (χ0) is 13.2. The molecule has 0 saturated carbocycles. The van der Waals surface area contributed by atoms with Gasteiger partial charge in [0.25, 0.3) is 0 Å². The van der Waals surface area contributed by atoms with Crippen LogP contribution in [0.15, 0.2) is 22.8 Å². The summed E-state index contributed by atoms with van der Waals surface area (Å²) < 4.78 is 5.50. The second-order valence-electron chi connectivity index (χ2n) is 6.53. The summed E-state index contributed by atoms with van der Waals surface area (Å²) in [6, 6.07) is 4.66. The molecule has 0 aromatic carbocycles. The molecular weight excluding hydrogens is 224 g/mol. The maximum atomic E-state index is 5.50. The minimum absolute atomic E-state index is 0.195. The average Bonchev–Trinajstić information content (AvgIpc) is 2.74.